The van der Waals surface area contributed by atoms with Gasteiger partial charge in [0.1, 0.15) is 30.5 Å². The Balaban J connectivity index is 2.27. The first-order chi connectivity index (χ1) is 34.1. The van der Waals surface area contributed by atoms with Crippen molar-refractivity contribution in [2.75, 3.05) is 26.4 Å². The molecule has 13 heteroatoms. The molecule has 6 atom stereocenters. The first-order valence-corrected chi connectivity index (χ1v) is 30.5. The van der Waals surface area contributed by atoms with Crippen molar-refractivity contribution in [3.8, 4) is 0 Å². The fourth-order valence-corrected chi connectivity index (χ4v) is 9.69. The van der Waals surface area contributed by atoms with Gasteiger partial charge in [0.2, 0.25) is 0 Å². The van der Waals surface area contributed by atoms with Crippen LogP contribution >= 0.6 is 0 Å². The smallest absolute Gasteiger partial charge is 0.397 e. The summed E-state index contributed by atoms with van der Waals surface area (Å²) in [5.41, 5.74) is 0. The van der Waals surface area contributed by atoms with Crippen molar-refractivity contribution in [1.29, 1.82) is 0 Å². The summed E-state index contributed by atoms with van der Waals surface area (Å²) >= 11 is 0. The molecule has 0 aromatic heterocycles. The predicted octanol–water partition coefficient (Wildman–Crippen LogP) is 14.3. The molecule has 4 N–H and O–H groups in total. The van der Waals surface area contributed by atoms with Gasteiger partial charge in [0, 0.05) is 13.0 Å². The molecule has 1 rings (SSSR count). The molecule has 414 valence electrons. The summed E-state index contributed by atoms with van der Waals surface area (Å²) in [4.78, 5) is 12.9. The van der Waals surface area contributed by atoms with Crippen LogP contribution in [0.4, 0.5) is 0 Å². The second-order valence-electron chi connectivity index (χ2n) is 20.2. The van der Waals surface area contributed by atoms with Gasteiger partial charge < -0.3 is 34.3 Å². The van der Waals surface area contributed by atoms with Gasteiger partial charge in [0.25, 0.3) is 0 Å². The van der Waals surface area contributed by atoms with Gasteiger partial charge in [-0.2, -0.15) is 8.42 Å². The van der Waals surface area contributed by atoms with Crippen LogP contribution < -0.4 is 0 Å². The number of allylic oxidation sites excluding steroid dienone is 4. The molecule has 0 aromatic rings. The molecule has 0 spiro atoms. The average molecular weight is 1020 g/mol. The van der Waals surface area contributed by atoms with Crippen LogP contribution in [0.5, 0.6) is 0 Å². The number of hydrogen-bond donors (Lipinski definition) is 4. The number of aliphatic hydroxyl groups excluding tert-OH is 3. The number of carbonyl (C=O) groups excluding carboxylic acids is 1. The van der Waals surface area contributed by atoms with E-state index in [0.29, 0.717) is 13.0 Å². The summed E-state index contributed by atoms with van der Waals surface area (Å²) in [5.74, 6) is -0.401. The monoisotopic (exact) mass is 1020 g/mol. The van der Waals surface area contributed by atoms with E-state index in [0.717, 1.165) is 51.4 Å². The Morgan fingerprint density at radius 1 is 0.543 bits per heavy atom. The Kier molecular flexibility index (Phi) is 46.2. The highest BCUT2D eigenvalue weighted by Crippen LogP contribution is 2.26. The van der Waals surface area contributed by atoms with Gasteiger partial charge >= 0.3 is 16.4 Å². The van der Waals surface area contributed by atoms with E-state index in [1.165, 1.54) is 193 Å². The molecule has 0 amide bonds. The highest BCUT2D eigenvalue weighted by molar-refractivity contribution is 7.80. The maximum Gasteiger partial charge on any atom is 0.397 e. The highest BCUT2D eigenvalue weighted by Gasteiger charge is 2.48. The number of hydrogen-bond acceptors (Lipinski definition) is 11. The zero-order valence-electron chi connectivity index (χ0n) is 44.8. The minimum atomic E-state index is -5.07. The average Bonchev–Trinajstić information content (AvgIpc) is 3.34. The van der Waals surface area contributed by atoms with Crippen molar-refractivity contribution in [1.82, 2.24) is 0 Å². The van der Waals surface area contributed by atoms with Gasteiger partial charge in [-0.25, -0.2) is 4.18 Å². The van der Waals surface area contributed by atoms with Crippen LogP contribution in [-0.2, 0) is 38.3 Å². The molecular weight excluding hydrogens is 909 g/mol. The van der Waals surface area contributed by atoms with E-state index < -0.39 is 59.8 Å². The Labute approximate surface area is 429 Å². The van der Waals surface area contributed by atoms with E-state index in [1.54, 1.807) is 0 Å². The highest BCUT2D eigenvalue weighted by atomic mass is 32.3. The lowest BCUT2D eigenvalue weighted by molar-refractivity contribution is -0.301. The van der Waals surface area contributed by atoms with E-state index in [9.17, 15) is 33.1 Å². The SMILES string of the molecule is CCCCCC/C=C\C/C=C\CCCCCCCCCC(=O)OC(COCCCCCCCCCCCCCCCCCCCCCCCCCCC)COC1OC(CO)C(O)C(OS(=O)(=O)O)C1O. The second kappa shape index (κ2) is 48.5. The van der Waals surface area contributed by atoms with Crippen molar-refractivity contribution in [3.63, 3.8) is 0 Å². The van der Waals surface area contributed by atoms with Crippen LogP contribution in [0, 0.1) is 0 Å². The van der Waals surface area contributed by atoms with E-state index in [-0.39, 0.29) is 19.6 Å². The summed E-state index contributed by atoms with van der Waals surface area (Å²) in [6.07, 6.45) is 49.3. The van der Waals surface area contributed by atoms with Gasteiger partial charge in [-0.1, -0.05) is 244 Å². The third-order valence-corrected chi connectivity index (χ3v) is 14.0. The molecule has 1 saturated heterocycles. The molecule has 0 saturated carbocycles. The van der Waals surface area contributed by atoms with Crippen LogP contribution in [0.1, 0.15) is 271 Å². The molecule has 0 aromatic carbocycles. The molecule has 6 unspecified atom stereocenters. The Morgan fingerprint density at radius 2 is 0.943 bits per heavy atom. The summed E-state index contributed by atoms with van der Waals surface area (Å²) in [7, 11) is -5.07. The Hall–Kier alpha value is -1.42. The largest absolute Gasteiger partial charge is 0.457 e. The van der Waals surface area contributed by atoms with E-state index in [2.05, 4.69) is 42.3 Å². The molecule has 1 heterocycles. The fraction of sp³-hybridized carbons (Fsp3) is 0.912. The standard InChI is InChI=1S/C57H108O12S/c1-3-5-7-9-11-13-15-17-19-21-23-24-25-26-27-28-29-31-33-35-37-39-41-43-45-47-65-49-51(50-66-57-55(61)56(69-70(62,63)64)54(60)52(48-58)68-57)67-53(59)46-44-42-40-38-36-34-32-30-22-20-18-16-14-12-10-8-6-4-2/h14,16,20,22,51-52,54-58,60-61H,3-13,15,17-19,21,23-50H2,1-2H3,(H,62,63,64)/b16-14-,22-20-. The van der Waals surface area contributed by atoms with Crippen molar-refractivity contribution >= 4 is 16.4 Å². The maximum atomic E-state index is 12.9. The number of esters is 1. The normalized spacial score (nSPS) is 19.2. The summed E-state index contributed by atoms with van der Waals surface area (Å²) in [5, 5.41) is 30.8. The lowest BCUT2D eigenvalue weighted by atomic mass is 9.99. The maximum absolute atomic E-state index is 12.9. The third-order valence-electron chi connectivity index (χ3n) is 13.6. The molecule has 1 fully saturated rings. The number of unbranched alkanes of at least 4 members (excludes halogenated alkanes) is 35. The van der Waals surface area contributed by atoms with Crippen LogP contribution in [-0.4, -0.2) is 97.5 Å². The number of ether oxygens (including phenoxy) is 4. The minimum Gasteiger partial charge on any atom is -0.457 e. The van der Waals surface area contributed by atoms with Crippen LogP contribution in [0.3, 0.4) is 0 Å². The Bertz CT molecular complexity index is 1310. The van der Waals surface area contributed by atoms with Gasteiger partial charge in [-0.05, 0) is 44.9 Å². The predicted molar refractivity (Wildman–Crippen MR) is 285 cm³/mol. The number of carbonyl (C=O) groups is 1. The first kappa shape index (κ1) is 66.6. The van der Waals surface area contributed by atoms with Gasteiger partial charge in [0.15, 0.2) is 6.29 Å². The van der Waals surface area contributed by atoms with Crippen molar-refractivity contribution in [3.05, 3.63) is 24.3 Å². The van der Waals surface area contributed by atoms with Crippen molar-refractivity contribution < 1.29 is 56.2 Å². The van der Waals surface area contributed by atoms with Crippen molar-refractivity contribution in [2.24, 2.45) is 0 Å². The van der Waals surface area contributed by atoms with Crippen LogP contribution in [0.2, 0.25) is 0 Å². The molecule has 0 radical (unpaired) electrons. The molecule has 12 nitrogen and oxygen atoms in total. The van der Waals surface area contributed by atoms with E-state index >= 15 is 0 Å². The van der Waals surface area contributed by atoms with E-state index in [4.69, 9.17) is 18.9 Å². The second-order valence-corrected chi connectivity index (χ2v) is 21.3. The topological polar surface area (TPSA) is 178 Å². The third kappa shape index (κ3) is 41.0. The van der Waals surface area contributed by atoms with E-state index in [1.807, 2.05) is 0 Å². The zero-order valence-corrected chi connectivity index (χ0v) is 45.7. The molecule has 1 aliphatic rings. The molecule has 0 bridgehead atoms. The van der Waals surface area contributed by atoms with Gasteiger partial charge in [-0.15, -0.1) is 0 Å². The lowest BCUT2D eigenvalue weighted by Crippen LogP contribution is -2.60. The zero-order chi connectivity index (χ0) is 51.0. The summed E-state index contributed by atoms with van der Waals surface area (Å²) in [6, 6.07) is 0. The molecule has 1 aliphatic heterocycles. The van der Waals surface area contributed by atoms with Gasteiger partial charge in [0.05, 0.1) is 19.8 Å². The minimum absolute atomic E-state index is 0.0377. The number of aliphatic hydroxyl groups is 3. The lowest BCUT2D eigenvalue weighted by Gasteiger charge is -2.41. The summed E-state index contributed by atoms with van der Waals surface area (Å²) < 4.78 is 59.4. The Morgan fingerprint density at radius 3 is 1.37 bits per heavy atom. The molecule has 70 heavy (non-hydrogen) atoms. The first-order valence-electron chi connectivity index (χ1n) is 29.1. The molecular formula is C57H108O12S. The molecule has 0 aliphatic carbocycles. The number of rotatable bonds is 52. The summed E-state index contributed by atoms with van der Waals surface area (Å²) in [6.45, 7) is 4.03. The van der Waals surface area contributed by atoms with Crippen LogP contribution in [0.15, 0.2) is 24.3 Å². The quantitative estimate of drug-likeness (QED) is 0.0196. The van der Waals surface area contributed by atoms with Gasteiger partial charge in [-0.3, -0.25) is 9.35 Å². The fourth-order valence-electron chi connectivity index (χ4n) is 9.18. The van der Waals surface area contributed by atoms with Crippen molar-refractivity contribution in [2.45, 2.75) is 307 Å². The van der Waals surface area contributed by atoms with Crippen LogP contribution in [0.25, 0.3) is 0 Å².